The van der Waals surface area contributed by atoms with Crippen LogP contribution in [-0.2, 0) is 0 Å². The summed E-state index contributed by atoms with van der Waals surface area (Å²) >= 11 is 3.24. The number of benzene rings is 1. The third-order valence-electron chi connectivity index (χ3n) is 3.01. The molecule has 0 spiro atoms. The van der Waals surface area contributed by atoms with Crippen molar-refractivity contribution in [3.8, 4) is 0 Å². The van der Waals surface area contributed by atoms with Crippen LogP contribution in [0.2, 0.25) is 0 Å². The van der Waals surface area contributed by atoms with Crippen LogP contribution in [0.1, 0.15) is 35.3 Å². The minimum atomic E-state index is -0.996. The first-order valence-electron chi connectivity index (χ1n) is 6.32. The number of pyridine rings is 1. The zero-order valence-electron chi connectivity index (χ0n) is 11.0. The lowest BCUT2D eigenvalue weighted by Gasteiger charge is -2.19. The van der Waals surface area contributed by atoms with Crippen LogP contribution in [0.5, 0.6) is 0 Å². The van der Waals surface area contributed by atoms with Gasteiger partial charge in [0.15, 0.2) is 0 Å². The number of nitrogens with one attached hydrogen (secondary N) is 1. The van der Waals surface area contributed by atoms with E-state index in [2.05, 4.69) is 26.2 Å². The zero-order chi connectivity index (χ0) is 14.5. The monoisotopic (exact) mass is 334 g/mol. The summed E-state index contributed by atoms with van der Waals surface area (Å²) in [5, 5.41) is 12.5. The van der Waals surface area contributed by atoms with Crippen molar-refractivity contribution in [1.82, 2.24) is 4.98 Å². The van der Waals surface area contributed by atoms with E-state index in [-0.39, 0.29) is 11.6 Å². The molecule has 0 aliphatic rings. The minimum Gasteiger partial charge on any atom is -0.478 e. The number of hydrogen-bond acceptors (Lipinski definition) is 3. The molecule has 1 aromatic carbocycles. The average molecular weight is 335 g/mol. The summed E-state index contributed by atoms with van der Waals surface area (Å²) in [6, 6.07) is 11.5. The Morgan fingerprint density at radius 1 is 1.40 bits per heavy atom. The fourth-order valence-corrected chi connectivity index (χ4v) is 2.32. The smallest absolute Gasteiger partial charge is 0.339 e. The second kappa shape index (κ2) is 6.52. The molecule has 0 bridgehead atoms. The van der Waals surface area contributed by atoms with E-state index >= 15 is 0 Å². The van der Waals surface area contributed by atoms with Crippen LogP contribution in [0.25, 0.3) is 0 Å². The number of aromatic nitrogens is 1. The Morgan fingerprint density at radius 2 is 2.10 bits per heavy atom. The highest BCUT2D eigenvalue weighted by atomic mass is 79.9. The van der Waals surface area contributed by atoms with E-state index in [0.29, 0.717) is 10.3 Å². The Morgan fingerprint density at radius 3 is 2.70 bits per heavy atom. The van der Waals surface area contributed by atoms with Gasteiger partial charge in [-0.1, -0.05) is 37.3 Å². The van der Waals surface area contributed by atoms with E-state index in [1.165, 1.54) is 0 Å². The second-order valence-electron chi connectivity index (χ2n) is 4.37. The standard InChI is InChI=1S/C15H15BrN2O2/c1-2-13(10-6-4-3-5-7-10)18-14-12(15(19)20)8-11(16)9-17-14/h3-9,13H,2H2,1H3,(H,17,18)(H,19,20). The topological polar surface area (TPSA) is 62.2 Å². The molecule has 20 heavy (non-hydrogen) atoms. The van der Waals surface area contributed by atoms with Gasteiger partial charge in [-0.2, -0.15) is 0 Å². The van der Waals surface area contributed by atoms with Crippen molar-refractivity contribution in [3.05, 3.63) is 58.2 Å². The third-order valence-corrected chi connectivity index (χ3v) is 3.44. The van der Waals surface area contributed by atoms with E-state index in [4.69, 9.17) is 0 Å². The molecular weight excluding hydrogens is 320 g/mol. The molecule has 0 fully saturated rings. The van der Waals surface area contributed by atoms with Gasteiger partial charge in [0.2, 0.25) is 0 Å². The third kappa shape index (κ3) is 3.36. The molecule has 1 unspecified atom stereocenters. The molecule has 0 radical (unpaired) electrons. The quantitative estimate of drug-likeness (QED) is 0.863. The molecule has 0 aliphatic heterocycles. The molecule has 0 saturated heterocycles. The Labute approximate surface area is 126 Å². The summed E-state index contributed by atoms with van der Waals surface area (Å²) in [4.78, 5) is 15.5. The summed E-state index contributed by atoms with van der Waals surface area (Å²) < 4.78 is 0.646. The maximum atomic E-state index is 11.3. The highest BCUT2D eigenvalue weighted by Gasteiger charge is 2.16. The number of carbonyl (C=O) groups is 1. The highest BCUT2D eigenvalue weighted by Crippen LogP contribution is 2.25. The van der Waals surface area contributed by atoms with E-state index < -0.39 is 5.97 Å². The van der Waals surface area contributed by atoms with Gasteiger partial charge >= 0.3 is 5.97 Å². The van der Waals surface area contributed by atoms with Gasteiger partial charge < -0.3 is 10.4 Å². The van der Waals surface area contributed by atoms with Gasteiger partial charge in [0.05, 0.1) is 6.04 Å². The number of rotatable bonds is 5. The molecule has 1 atom stereocenters. The molecule has 4 nitrogen and oxygen atoms in total. The summed E-state index contributed by atoms with van der Waals surface area (Å²) in [5.41, 5.74) is 1.27. The van der Waals surface area contributed by atoms with Gasteiger partial charge in [0.25, 0.3) is 0 Å². The molecular formula is C15H15BrN2O2. The molecule has 5 heteroatoms. The first-order chi connectivity index (χ1) is 9.61. The lowest BCUT2D eigenvalue weighted by molar-refractivity contribution is 0.0697. The van der Waals surface area contributed by atoms with Crippen molar-refractivity contribution in [3.63, 3.8) is 0 Å². The molecule has 2 rings (SSSR count). The fourth-order valence-electron chi connectivity index (χ4n) is 1.99. The fraction of sp³-hybridized carbons (Fsp3) is 0.200. The first kappa shape index (κ1) is 14.5. The van der Waals surface area contributed by atoms with Crippen LogP contribution >= 0.6 is 15.9 Å². The number of hydrogen-bond donors (Lipinski definition) is 2. The first-order valence-corrected chi connectivity index (χ1v) is 7.11. The van der Waals surface area contributed by atoms with E-state index in [1.807, 2.05) is 37.3 Å². The normalized spacial score (nSPS) is 11.9. The van der Waals surface area contributed by atoms with E-state index in [0.717, 1.165) is 12.0 Å². The van der Waals surface area contributed by atoms with Gasteiger partial charge in [-0.05, 0) is 34.0 Å². The summed E-state index contributed by atoms with van der Waals surface area (Å²) in [6.45, 7) is 2.05. The summed E-state index contributed by atoms with van der Waals surface area (Å²) in [5.74, 6) is -0.611. The van der Waals surface area contributed by atoms with Gasteiger partial charge in [0, 0.05) is 10.7 Å². The molecule has 1 heterocycles. The van der Waals surface area contributed by atoms with Crippen molar-refractivity contribution in [2.75, 3.05) is 5.32 Å². The number of halogens is 1. The number of aromatic carboxylic acids is 1. The van der Waals surface area contributed by atoms with Crippen LogP contribution in [0.15, 0.2) is 47.1 Å². The van der Waals surface area contributed by atoms with Gasteiger partial charge in [0.1, 0.15) is 11.4 Å². The molecule has 0 amide bonds. The number of carboxylic acid groups (broad SMARTS) is 1. The second-order valence-corrected chi connectivity index (χ2v) is 5.29. The summed E-state index contributed by atoms with van der Waals surface area (Å²) in [7, 11) is 0. The SMILES string of the molecule is CCC(Nc1ncc(Br)cc1C(=O)O)c1ccccc1. The Balaban J connectivity index is 2.31. The predicted octanol–water partition coefficient (Wildman–Crippen LogP) is 4.11. The van der Waals surface area contributed by atoms with Crippen molar-refractivity contribution in [2.45, 2.75) is 19.4 Å². The Kier molecular flexibility index (Phi) is 4.74. The van der Waals surface area contributed by atoms with Crippen molar-refractivity contribution in [2.24, 2.45) is 0 Å². The van der Waals surface area contributed by atoms with Crippen molar-refractivity contribution in [1.29, 1.82) is 0 Å². The lowest BCUT2D eigenvalue weighted by atomic mass is 10.0. The molecule has 0 aliphatic carbocycles. The predicted molar refractivity (Wildman–Crippen MR) is 82.0 cm³/mol. The number of nitrogens with zero attached hydrogens (tertiary/aromatic N) is 1. The largest absolute Gasteiger partial charge is 0.478 e. The Hall–Kier alpha value is -1.88. The van der Waals surface area contributed by atoms with Gasteiger partial charge in [-0.25, -0.2) is 9.78 Å². The maximum absolute atomic E-state index is 11.3. The number of carboxylic acids is 1. The van der Waals surface area contributed by atoms with Crippen LogP contribution in [0.3, 0.4) is 0 Å². The van der Waals surface area contributed by atoms with Crippen LogP contribution in [0.4, 0.5) is 5.82 Å². The van der Waals surface area contributed by atoms with Gasteiger partial charge in [-0.3, -0.25) is 0 Å². The van der Waals surface area contributed by atoms with Crippen molar-refractivity contribution < 1.29 is 9.90 Å². The van der Waals surface area contributed by atoms with Crippen molar-refractivity contribution >= 4 is 27.7 Å². The van der Waals surface area contributed by atoms with E-state index in [9.17, 15) is 9.90 Å². The average Bonchev–Trinajstić information content (AvgIpc) is 2.46. The minimum absolute atomic E-state index is 0.0305. The molecule has 2 N–H and O–H groups in total. The number of anilines is 1. The molecule has 0 saturated carbocycles. The lowest BCUT2D eigenvalue weighted by Crippen LogP contribution is -2.14. The molecule has 2 aromatic rings. The van der Waals surface area contributed by atoms with Crippen LogP contribution in [0, 0.1) is 0 Å². The highest BCUT2D eigenvalue weighted by molar-refractivity contribution is 9.10. The molecule has 1 aromatic heterocycles. The van der Waals surface area contributed by atoms with Gasteiger partial charge in [-0.15, -0.1) is 0 Å². The zero-order valence-corrected chi connectivity index (χ0v) is 12.6. The Bertz CT molecular complexity index is 602. The molecule has 104 valence electrons. The maximum Gasteiger partial charge on any atom is 0.339 e. The van der Waals surface area contributed by atoms with E-state index in [1.54, 1.807) is 12.3 Å². The summed E-state index contributed by atoms with van der Waals surface area (Å²) in [6.07, 6.45) is 2.42. The van der Waals surface area contributed by atoms with Crippen LogP contribution < -0.4 is 5.32 Å². The van der Waals surface area contributed by atoms with Crippen LogP contribution in [-0.4, -0.2) is 16.1 Å².